The predicted octanol–water partition coefficient (Wildman–Crippen LogP) is 2.27. The molecule has 1 atom stereocenters. The number of hydrogen-bond acceptors (Lipinski definition) is 4. The van der Waals surface area contributed by atoms with Gasteiger partial charge in [-0.15, -0.1) is 12.6 Å². The molecule has 1 fully saturated rings. The molecule has 1 aliphatic rings. The number of ether oxygens (including phenoxy) is 2. The van der Waals surface area contributed by atoms with Gasteiger partial charge in [0.2, 0.25) is 0 Å². The molecule has 0 spiro atoms. The number of methoxy groups -OCH3 is 1. The van der Waals surface area contributed by atoms with E-state index >= 15 is 0 Å². The first-order valence-electron chi connectivity index (χ1n) is 5.96. The number of carbonyl (C=O) groups is 1. The molecule has 2 rings (SSSR count). The first-order chi connectivity index (χ1) is 9.06. The van der Waals surface area contributed by atoms with Crippen LogP contribution < -0.4 is 5.32 Å². The first-order valence-corrected chi connectivity index (χ1v) is 7.20. The van der Waals surface area contributed by atoms with Crippen LogP contribution in [0, 0.1) is 0 Å². The van der Waals surface area contributed by atoms with Crippen molar-refractivity contribution in [2.75, 3.05) is 26.9 Å². The van der Waals surface area contributed by atoms with E-state index in [0.717, 1.165) is 15.8 Å². The van der Waals surface area contributed by atoms with E-state index in [4.69, 9.17) is 9.47 Å². The van der Waals surface area contributed by atoms with E-state index in [0.29, 0.717) is 25.3 Å². The van der Waals surface area contributed by atoms with Crippen LogP contribution in [0.2, 0.25) is 0 Å². The lowest BCUT2D eigenvalue weighted by molar-refractivity contribution is -0.0148. The van der Waals surface area contributed by atoms with Gasteiger partial charge in [-0.1, -0.05) is 0 Å². The smallest absolute Gasteiger partial charge is 0.252 e. The molecule has 1 aromatic carbocycles. The van der Waals surface area contributed by atoms with Crippen molar-refractivity contribution >= 4 is 34.5 Å². The third-order valence-electron chi connectivity index (χ3n) is 3.27. The molecule has 1 amide bonds. The lowest BCUT2D eigenvalue weighted by Crippen LogP contribution is -2.45. The summed E-state index contributed by atoms with van der Waals surface area (Å²) in [5, 5.41) is 2.89. The minimum Gasteiger partial charge on any atom is -0.378 e. The Morgan fingerprint density at radius 2 is 2.42 bits per heavy atom. The molecule has 1 unspecified atom stereocenters. The summed E-state index contributed by atoms with van der Waals surface area (Å²) in [6.07, 6.45) is 0.789. The summed E-state index contributed by atoms with van der Waals surface area (Å²) in [6.45, 7) is 1.61. The van der Waals surface area contributed by atoms with Crippen LogP contribution in [-0.4, -0.2) is 38.4 Å². The third kappa shape index (κ3) is 3.51. The molecule has 6 heteroatoms. The minimum absolute atomic E-state index is 0.147. The van der Waals surface area contributed by atoms with E-state index in [1.54, 1.807) is 13.2 Å². The summed E-state index contributed by atoms with van der Waals surface area (Å²) in [4.78, 5) is 12.9. The molecule has 1 heterocycles. The molecule has 1 N–H and O–H groups in total. The molecule has 1 aliphatic heterocycles. The molecule has 0 bridgehead atoms. The van der Waals surface area contributed by atoms with E-state index in [-0.39, 0.29) is 5.91 Å². The third-order valence-corrected chi connectivity index (χ3v) is 4.24. The SMILES string of the molecule is COC1(CNC(=O)c2cc(S)ccc2Br)CCOC1. The summed E-state index contributed by atoms with van der Waals surface area (Å²) >= 11 is 7.61. The van der Waals surface area contributed by atoms with Gasteiger partial charge < -0.3 is 14.8 Å². The average molecular weight is 346 g/mol. The molecule has 0 saturated carbocycles. The second kappa shape index (κ2) is 6.26. The highest BCUT2D eigenvalue weighted by Crippen LogP contribution is 2.23. The monoisotopic (exact) mass is 345 g/mol. The van der Waals surface area contributed by atoms with Gasteiger partial charge in [-0.2, -0.15) is 0 Å². The van der Waals surface area contributed by atoms with Crippen LogP contribution >= 0.6 is 28.6 Å². The second-order valence-corrected chi connectivity index (χ2v) is 5.91. The summed E-state index contributed by atoms with van der Waals surface area (Å²) in [7, 11) is 1.64. The number of amides is 1. The van der Waals surface area contributed by atoms with Gasteiger partial charge in [0.25, 0.3) is 5.91 Å². The van der Waals surface area contributed by atoms with Crippen LogP contribution in [0.1, 0.15) is 16.8 Å². The van der Waals surface area contributed by atoms with Crippen LogP contribution in [0.5, 0.6) is 0 Å². The van der Waals surface area contributed by atoms with Crippen molar-refractivity contribution in [1.82, 2.24) is 5.32 Å². The van der Waals surface area contributed by atoms with E-state index in [1.807, 2.05) is 12.1 Å². The van der Waals surface area contributed by atoms with Gasteiger partial charge in [0.1, 0.15) is 5.60 Å². The maximum atomic E-state index is 12.2. The van der Waals surface area contributed by atoms with E-state index < -0.39 is 5.60 Å². The number of nitrogens with one attached hydrogen (secondary N) is 1. The molecule has 4 nitrogen and oxygen atoms in total. The van der Waals surface area contributed by atoms with Crippen molar-refractivity contribution in [3.05, 3.63) is 28.2 Å². The standard InChI is InChI=1S/C13H16BrNO3S/c1-17-13(4-5-18-8-13)7-15-12(16)10-6-9(19)2-3-11(10)14/h2-3,6,19H,4-5,7-8H2,1H3,(H,15,16). The molecule has 1 aromatic rings. The van der Waals surface area contributed by atoms with Crippen molar-refractivity contribution in [1.29, 1.82) is 0 Å². The fourth-order valence-corrected chi connectivity index (χ4v) is 2.62. The lowest BCUT2D eigenvalue weighted by Gasteiger charge is -2.26. The average Bonchev–Trinajstić information content (AvgIpc) is 2.88. The summed E-state index contributed by atoms with van der Waals surface area (Å²) < 4.78 is 11.6. The fraction of sp³-hybridized carbons (Fsp3) is 0.462. The largest absolute Gasteiger partial charge is 0.378 e. The number of rotatable bonds is 4. The quantitative estimate of drug-likeness (QED) is 0.823. The normalized spacial score (nSPS) is 22.5. The Balaban J connectivity index is 2.03. The van der Waals surface area contributed by atoms with Crippen LogP contribution in [0.4, 0.5) is 0 Å². The molecular weight excluding hydrogens is 330 g/mol. The summed E-state index contributed by atoms with van der Waals surface area (Å²) in [5.74, 6) is -0.147. The highest BCUT2D eigenvalue weighted by molar-refractivity contribution is 9.10. The number of thiol groups is 1. The fourth-order valence-electron chi connectivity index (χ4n) is 1.98. The highest BCUT2D eigenvalue weighted by Gasteiger charge is 2.35. The number of benzene rings is 1. The number of hydrogen-bond donors (Lipinski definition) is 2. The second-order valence-electron chi connectivity index (χ2n) is 4.54. The topological polar surface area (TPSA) is 47.6 Å². The lowest BCUT2D eigenvalue weighted by atomic mass is 10.0. The Labute approximate surface area is 126 Å². The Kier molecular flexibility index (Phi) is 4.89. The number of halogens is 1. The van der Waals surface area contributed by atoms with Gasteiger partial charge in [-0.25, -0.2) is 0 Å². The Morgan fingerprint density at radius 3 is 3.05 bits per heavy atom. The summed E-state index contributed by atoms with van der Waals surface area (Å²) in [6, 6.07) is 5.36. The van der Waals surface area contributed by atoms with Crippen LogP contribution in [0.15, 0.2) is 27.6 Å². The highest BCUT2D eigenvalue weighted by atomic mass is 79.9. The van der Waals surface area contributed by atoms with Crippen molar-refractivity contribution in [2.24, 2.45) is 0 Å². The van der Waals surface area contributed by atoms with Gasteiger partial charge in [-0.05, 0) is 34.1 Å². The molecule has 19 heavy (non-hydrogen) atoms. The van der Waals surface area contributed by atoms with Crippen LogP contribution in [0.3, 0.4) is 0 Å². The zero-order chi connectivity index (χ0) is 13.9. The number of carbonyl (C=O) groups excluding carboxylic acids is 1. The van der Waals surface area contributed by atoms with E-state index in [9.17, 15) is 4.79 Å². The molecule has 1 saturated heterocycles. The molecule has 0 aromatic heterocycles. The molecule has 104 valence electrons. The maximum absolute atomic E-state index is 12.2. The van der Waals surface area contributed by atoms with Crippen molar-refractivity contribution < 1.29 is 14.3 Å². The van der Waals surface area contributed by atoms with Crippen LogP contribution in [-0.2, 0) is 9.47 Å². The summed E-state index contributed by atoms with van der Waals surface area (Å²) in [5.41, 5.74) is 0.165. The van der Waals surface area contributed by atoms with Gasteiger partial charge in [-0.3, -0.25) is 4.79 Å². The Bertz CT molecular complexity index is 475. The predicted molar refractivity (Wildman–Crippen MR) is 78.9 cm³/mol. The zero-order valence-corrected chi connectivity index (χ0v) is 13.1. The van der Waals surface area contributed by atoms with Gasteiger partial charge >= 0.3 is 0 Å². The van der Waals surface area contributed by atoms with Gasteiger partial charge in [0, 0.05) is 36.1 Å². The molecular formula is C13H16BrNO3S. The zero-order valence-electron chi connectivity index (χ0n) is 10.6. The van der Waals surface area contributed by atoms with E-state index in [1.165, 1.54) is 0 Å². The minimum atomic E-state index is -0.402. The Morgan fingerprint density at radius 1 is 1.63 bits per heavy atom. The van der Waals surface area contributed by atoms with Crippen molar-refractivity contribution in [2.45, 2.75) is 16.9 Å². The molecule has 0 aliphatic carbocycles. The molecule has 0 radical (unpaired) electrons. The Hall–Kier alpha value is -0.560. The van der Waals surface area contributed by atoms with Crippen molar-refractivity contribution in [3.8, 4) is 0 Å². The van der Waals surface area contributed by atoms with Crippen molar-refractivity contribution in [3.63, 3.8) is 0 Å². The van der Waals surface area contributed by atoms with E-state index in [2.05, 4.69) is 33.9 Å². The first kappa shape index (κ1) is 14.8. The van der Waals surface area contributed by atoms with Crippen LogP contribution in [0.25, 0.3) is 0 Å². The van der Waals surface area contributed by atoms with Gasteiger partial charge in [0.15, 0.2) is 0 Å². The maximum Gasteiger partial charge on any atom is 0.252 e. The van der Waals surface area contributed by atoms with Gasteiger partial charge in [0.05, 0.1) is 12.2 Å².